The summed E-state index contributed by atoms with van der Waals surface area (Å²) in [4.78, 5) is 11.9. The molecule has 0 aromatic heterocycles. The average molecular weight is 294 g/mol. The Bertz CT molecular complexity index is 473. The van der Waals surface area contributed by atoms with E-state index in [-0.39, 0.29) is 12.0 Å². The monoisotopic (exact) mass is 294 g/mol. The Kier molecular flexibility index (Phi) is 5.83. The predicted octanol–water partition coefficient (Wildman–Crippen LogP) is 1.80. The van der Waals surface area contributed by atoms with E-state index in [0.29, 0.717) is 36.8 Å². The van der Waals surface area contributed by atoms with Crippen molar-refractivity contribution in [3.05, 3.63) is 18.2 Å². The summed E-state index contributed by atoms with van der Waals surface area (Å²) < 4.78 is 16.1. The normalized spacial score (nSPS) is 17.7. The summed E-state index contributed by atoms with van der Waals surface area (Å²) in [5.41, 5.74) is 6.86. The molecule has 1 saturated heterocycles. The molecule has 2 rings (SSSR count). The van der Waals surface area contributed by atoms with Gasteiger partial charge >= 0.3 is 0 Å². The van der Waals surface area contributed by atoms with E-state index in [0.717, 1.165) is 19.4 Å². The molecular formula is C15H22N2O4. The van der Waals surface area contributed by atoms with Crippen molar-refractivity contribution in [2.24, 2.45) is 0 Å². The lowest BCUT2D eigenvalue weighted by Gasteiger charge is -2.12. The number of nitrogens with two attached hydrogens (primary N) is 1. The molecule has 1 heterocycles. The number of hydrogen-bond donors (Lipinski definition) is 2. The zero-order valence-electron chi connectivity index (χ0n) is 12.3. The van der Waals surface area contributed by atoms with Crippen molar-refractivity contribution in [2.75, 3.05) is 38.0 Å². The van der Waals surface area contributed by atoms with Gasteiger partial charge in [0.2, 0.25) is 5.91 Å². The highest BCUT2D eigenvalue weighted by molar-refractivity contribution is 5.92. The molecule has 21 heavy (non-hydrogen) atoms. The van der Waals surface area contributed by atoms with Crippen LogP contribution in [-0.2, 0) is 14.3 Å². The molecule has 6 heteroatoms. The molecule has 1 aliphatic heterocycles. The highest BCUT2D eigenvalue weighted by Gasteiger charge is 2.15. The third-order valence-electron chi connectivity index (χ3n) is 3.30. The topological polar surface area (TPSA) is 82.8 Å². The molecule has 1 aromatic carbocycles. The van der Waals surface area contributed by atoms with Gasteiger partial charge in [-0.3, -0.25) is 4.79 Å². The minimum atomic E-state index is -0.120. The first kappa shape index (κ1) is 15.6. The maximum absolute atomic E-state index is 11.9. The van der Waals surface area contributed by atoms with Crippen molar-refractivity contribution in [3.8, 4) is 5.75 Å². The Hall–Kier alpha value is -1.79. The smallest absolute Gasteiger partial charge is 0.226 e. The number of hydrogen-bond acceptors (Lipinski definition) is 5. The SMILES string of the molecule is COc1cc(N)ccc1NC(=O)CCOCC1CCCO1. The van der Waals surface area contributed by atoms with Crippen LogP contribution < -0.4 is 15.8 Å². The number of benzene rings is 1. The second-order valence-electron chi connectivity index (χ2n) is 4.97. The minimum absolute atomic E-state index is 0.120. The summed E-state index contributed by atoms with van der Waals surface area (Å²) in [7, 11) is 1.54. The van der Waals surface area contributed by atoms with Gasteiger partial charge in [-0.1, -0.05) is 0 Å². The van der Waals surface area contributed by atoms with E-state index in [9.17, 15) is 4.79 Å². The molecular weight excluding hydrogens is 272 g/mol. The van der Waals surface area contributed by atoms with Gasteiger partial charge in [-0.25, -0.2) is 0 Å². The molecule has 1 unspecified atom stereocenters. The van der Waals surface area contributed by atoms with Crippen LogP contribution in [0.2, 0.25) is 0 Å². The summed E-state index contributed by atoms with van der Waals surface area (Å²) in [6.45, 7) is 1.74. The van der Waals surface area contributed by atoms with Gasteiger partial charge in [0.1, 0.15) is 5.75 Å². The maximum atomic E-state index is 11.9. The van der Waals surface area contributed by atoms with Crippen LogP contribution >= 0.6 is 0 Å². The number of anilines is 2. The number of ether oxygens (including phenoxy) is 3. The van der Waals surface area contributed by atoms with E-state index in [1.54, 1.807) is 18.2 Å². The number of nitrogens with one attached hydrogen (secondary N) is 1. The molecule has 1 fully saturated rings. The summed E-state index contributed by atoms with van der Waals surface area (Å²) in [6, 6.07) is 5.11. The lowest BCUT2D eigenvalue weighted by molar-refractivity contribution is -0.117. The molecule has 116 valence electrons. The van der Waals surface area contributed by atoms with Gasteiger partial charge in [0.25, 0.3) is 0 Å². The van der Waals surface area contributed by atoms with E-state index in [2.05, 4.69) is 5.32 Å². The zero-order valence-corrected chi connectivity index (χ0v) is 12.3. The summed E-state index contributed by atoms with van der Waals surface area (Å²) in [6.07, 6.45) is 2.60. The van der Waals surface area contributed by atoms with Crippen molar-refractivity contribution in [1.82, 2.24) is 0 Å². The van der Waals surface area contributed by atoms with Crippen LogP contribution in [0.4, 0.5) is 11.4 Å². The van der Waals surface area contributed by atoms with Crippen LogP contribution in [0, 0.1) is 0 Å². The Balaban J connectivity index is 1.71. The first-order valence-electron chi connectivity index (χ1n) is 7.11. The molecule has 0 aliphatic carbocycles. The number of rotatable bonds is 7. The van der Waals surface area contributed by atoms with E-state index < -0.39 is 0 Å². The molecule has 6 nitrogen and oxygen atoms in total. The third-order valence-corrected chi connectivity index (χ3v) is 3.30. The number of nitrogen functional groups attached to an aromatic ring is 1. The van der Waals surface area contributed by atoms with Crippen LogP contribution in [0.15, 0.2) is 18.2 Å². The van der Waals surface area contributed by atoms with Crippen molar-refractivity contribution in [2.45, 2.75) is 25.4 Å². The molecule has 0 radical (unpaired) electrons. The van der Waals surface area contributed by atoms with Crippen LogP contribution in [0.25, 0.3) is 0 Å². The second-order valence-corrected chi connectivity index (χ2v) is 4.97. The van der Waals surface area contributed by atoms with Gasteiger partial charge in [0, 0.05) is 18.4 Å². The van der Waals surface area contributed by atoms with Crippen molar-refractivity contribution in [3.63, 3.8) is 0 Å². The summed E-state index contributed by atoms with van der Waals surface area (Å²) >= 11 is 0. The Morgan fingerprint density at radius 3 is 3.10 bits per heavy atom. The fraction of sp³-hybridized carbons (Fsp3) is 0.533. The van der Waals surface area contributed by atoms with Crippen molar-refractivity contribution >= 4 is 17.3 Å². The molecule has 1 aliphatic rings. The quantitative estimate of drug-likeness (QED) is 0.592. The van der Waals surface area contributed by atoms with Crippen LogP contribution in [-0.4, -0.2) is 38.9 Å². The fourth-order valence-corrected chi connectivity index (χ4v) is 2.18. The van der Waals surface area contributed by atoms with Gasteiger partial charge in [-0.05, 0) is 25.0 Å². The molecule has 0 bridgehead atoms. The van der Waals surface area contributed by atoms with Gasteiger partial charge in [0.05, 0.1) is 38.5 Å². The number of amides is 1. The molecule has 1 atom stereocenters. The van der Waals surface area contributed by atoms with E-state index >= 15 is 0 Å². The number of carbonyl (C=O) groups is 1. The minimum Gasteiger partial charge on any atom is -0.494 e. The molecule has 1 aromatic rings. The summed E-state index contributed by atoms with van der Waals surface area (Å²) in [5.74, 6) is 0.425. The first-order valence-corrected chi connectivity index (χ1v) is 7.11. The largest absolute Gasteiger partial charge is 0.494 e. The Morgan fingerprint density at radius 1 is 1.52 bits per heavy atom. The average Bonchev–Trinajstić information content (AvgIpc) is 2.99. The predicted molar refractivity (Wildman–Crippen MR) is 80.4 cm³/mol. The number of methoxy groups -OCH3 is 1. The van der Waals surface area contributed by atoms with Crippen molar-refractivity contribution in [1.29, 1.82) is 0 Å². The van der Waals surface area contributed by atoms with Crippen LogP contribution in [0.3, 0.4) is 0 Å². The van der Waals surface area contributed by atoms with Crippen LogP contribution in [0.1, 0.15) is 19.3 Å². The molecule has 1 amide bonds. The second kappa shape index (κ2) is 7.85. The highest BCUT2D eigenvalue weighted by atomic mass is 16.5. The molecule has 3 N–H and O–H groups in total. The maximum Gasteiger partial charge on any atom is 0.226 e. The van der Waals surface area contributed by atoms with Gasteiger partial charge in [-0.15, -0.1) is 0 Å². The Labute approximate surface area is 124 Å². The van der Waals surface area contributed by atoms with Gasteiger partial charge < -0.3 is 25.3 Å². The van der Waals surface area contributed by atoms with E-state index in [1.165, 1.54) is 7.11 Å². The Morgan fingerprint density at radius 2 is 2.38 bits per heavy atom. The fourth-order valence-electron chi connectivity index (χ4n) is 2.18. The standard InChI is InChI=1S/C15H22N2O4/c1-19-14-9-11(16)4-5-13(14)17-15(18)6-8-20-10-12-3-2-7-21-12/h4-5,9,12H,2-3,6-8,10,16H2,1H3,(H,17,18). The zero-order chi connectivity index (χ0) is 15.1. The van der Waals surface area contributed by atoms with Crippen molar-refractivity contribution < 1.29 is 19.0 Å². The number of carbonyl (C=O) groups excluding carboxylic acids is 1. The van der Waals surface area contributed by atoms with Gasteiger partial charge in [-0.2, -0.15) is 0 Å². The summed E-state index contributed by atoms with van der Waals surface area (Å²) in [5, 5.41) is 2.79. The highest BCUT2D eigenvalue weighted by Crippen LogP contribution is 2.26. The third kappa shape index (κ3) is 4.91. The molecule has 0 saturated carbocycles. The van der Waals surface area contributed by atoms with E-state index in [1.807, 2.05) is 0 Å². The lowest BCUT2D eigenvalue weighted by atomic mass is 10.2. The van der Waals surface area contributed by atoms with Gasteiger partial charge in [0.15, 0.2) is 0 Å². The first-order chi connectivity index (χ1) is 10.2. The van der Waals surface area contributed by atoms with Crippen LogP contribution in [0.5, 0.6) is 5.75 Å². The lowest BCUT2D eigenvalue weighted by Crippen LogP contribution is -2.18. The molecule has 0 spiro atoms. The van der Waals surface area contributed by atoms with E-state index in [4.69, 9.17) is 19.9 Å².